The fraction of sp³-hybridized carbons (Fsp3) is 0.667. The molecule has 1 fully saturated rings. The van der Waals surface area contributed by atoms with Crippen LogP contribution in [-0.2, 0) is 0 Å². The average Bonchev–Trinajstić information content (AvgIpc) is 3.12. The number of nitrogens with zero attached hydrogens (tertiary/aromatic N) is 2. The fourth-order valence-corrected chi connectivity index (χ4v) is 3.35. The number of likely N-dealkylation sites (tertiary alicyclic amines) is 1. The molecular formula is C21H36N4O2. The Hall–Kier alpha value is -1.95. The van der Waals surface area contributed by atoms with Crippen LogP contribution in [0.2, 0.25) is 0 Å². The van der Waals surface area contributed by atoms with Gasteiger partial charge in [-0.15, -0.1) is 0 Å². The van der Waals surface area contributed by atoms with Gasteiger partial charge in [-0.05, 0) is 57.8 Å². The molecule has 1 aromatic carbocycles. The Labute approximate surface area is 164 Å². The minimum atomic E-state index is -0.0147. The summed E-state index contributed by atoms with van der Waals surface area (Å²) in [6, 6.07) is 7.67. The van der Waals surface area contributed by atoms with Gasteiger partial charge in [0.2, 0.25) is 0 Å². The lowest BCUT2D eigenvalue weighted by atomic mass is 10.1. The lowest BCUT2D eigenvalue weighted by Gasteiger charge is -2.18. The number of ether oxygens (including phenoxy) is 2. The van der Waals surface area contributed by atoms with Gasteiger partial charge in [0.1, 0.15) is 17.6 Å². The third kappa shape index (κ3) is 7.67. The molecule has 152 valence electrons. The second-order valence-electron chi connectivity index (χ2n) is 7.16. The summed E-state index contributed by atoms with van der Waals surface area (Å²) in [6.45, 7) is 12.4. The topological polar surface area (TPSA) is 58.1 Å². The Balaban J connectivity index is 1.79. The summed E-state index contributed by atoms with van der Waals surface area (Å²) >= 11 is 0. The number of benzene rings is 1. The van der Waals surface area contributed by atoms with Gasteiger partial charge in [0, 0.05) is 25.7 Å². The number of guanidine groups is 1. The van der Waals surface area contributed by atoms with Crippen molar-refractivity contribution in [2.45, 2.75) is 39.7 Å². The number of nitrogens with one attached hydrogen (secondary N) is 2. The monoisotopic (exact) mass is 376 g/mol. The predicted octanol–water partition coefficient (Wildman–Crippen LogP) is 2.75. The molecule has 0 saturated carbocycles. The van der Waals surface area contributed by atoms with Gasteiger partial charge >= 0.3 is 0 Å². The first-order valence-corrected chi connectivity index (χ1v) is 10.2. The van der Waals surface area contributed by atoms with Crippen molar-refractivity contribution in [3.05, 3.63) is 24.3 Å². The standard InChI is InChI=1S/C21H36N4O2/c1-5-11-25-12-10-18(16-25)15-24-21(22-6-2)23-14-17(3)27-20-9-7-8-19(13-20)26-4/h7-9,13,17-18H,5-6,10-12,14-16H2,1-4H3,(H2,22,23,24). The van der Waals surface area contributed by atoms with E-state index in [1.54, 1.807) is 7.11 Å². The van der Waals surface area contributed by atoms with Gasteiger partial charge in [-0.25, -0.2) is 4.99 Å². The number of hydrogen-bond acceptors (Lipinski definition) is 4. The highest BCUT2D eigenvalue weighted by atomic mass is 16.5. The molecule has 2 rings (SSSR count). The zero-order valence-electron chi connectivity index (χ0n) is 17.3. The number of aliphatic imine (C=N–C) groups is 1. The summed E-state index contributed by atoms with van der Waals surface area (Å²) in [5, 5.41) is 6.83. The van der Waals surface area contributed by atoms with Crippen LogP contribution in [0.25, 0.3) is 0 Å². The molecule has 1 aromatic rings. The van der Waals surface area contributed by atoms with E-state index < -0.39 is 0 Å². The molecule has 0 radical (unpaired) electrons. The van der Waals surface area contributed by atoms with Crippen molar-refractivity contribution in [3.8, 4) is 11.5 Å². The van der Waals surface area contributed by atoms with E-state index in [1.807, 2.05) is 31.2 Å². The zero-order chi connectivity index (χ0) is 19.5. The third-order valence-corrected chi connectivity index (χ3v) is 4.70. The van der Waals surface area contributed by atoms with Crippen LogP contribution in [0.3, 0.4) is 0 Å². The van der Waals surface area contributed by atoms with Crippen LogP contribution < -0.4 is 20.1 Å². The van der Waals surface area contributed by atoms with E-state index in [0.29, 0.717) is 12.5 Å². The number of hydrogen-bond donors (Lipinski definition) is 2. The number of rotatable bonds is 10. The molecule has 1 aliphatic rings. The molecule has 0 aliphatic carbocycles. The molecular weight excluding hydrogens is 340 g/mol. The van der Waals surface area contributed by atoms with Gasteiger partial charge in [0.25, 0.3) is 0 Å². The second-order valence-corrected chi connectivity index (χ2v) is 7.16. The van der Waals surface area contributed by atoms with Gasteiger partial charge in [0.15, 0.2) is 5.96 Å². The smallest absolute Gasteiger partial charge is 0.191 e. The molecule has 2 unspecified atom stereocenters. The Kier molecular flexibility index (Phi) is 9.25. The van der Waals surface area contributed by atoms with Crippen molar-refractivity contribution >= 4 is 5.96 Å². The van der Waals surface area contributed by atoms with Crippen molar-refractivity contribution in [2.75, 3.05) is 46.4 Å². The van der Waals surface area contributed by atoms with Crippen LogP contribution in [0.1, 0.15) is 33.6 Å². The van der Waals surface area contributed by atoms with Crippen LogP contribution in [0.15, 0.2) is 29.3 Å². The van der Waals surface area contributed by atoms with Crippen molar-refractivity contribution in [2.24, 2.45) is 10.9 Å². The number of methoxy groups -OCH3 is 1. The van der Waals surface area contributed by atoms with E-state index >= 15 is 0 Å². The van der Waals surface area contributed by atoms with Crippen molar-refractivity contribution in [3.63, 3.8) is 0 Å². The minimum absolute atomic E-state index is 0.0147. The maximum atomic E-state index is 5.95. The summed E-state index contributed by atoms with van der Waals surface area (Å²) in [5.74, 6) is 3.17. The summed E-state index contributed by atoms with van der Waals surface area (Å²) in [5.41, 5.74) is 0. The Morgan fingerprint density at radius 3 is 2.85 bits per heavy atom. The molecule has 1 aliphatic heterocycles. The quantitative estimate of drug-likeness (QED) is 0.486. The normalized spacial score (nSPS) is 19.0. The second kappa shape index (κ2) is 11.7. The molecule has 27 heavy (non-hydrogen) atoms. The lowest BCUT2D eigenvalue weighted by Crippen LogP contribution is -2.41. The molecule has 0 spiro atoms. The lowest BCUT2D eigenvalue weighted by molar-refractivity contribution is 0.229. The average molecular weight is 377 g/mol. The summed E-state index contributed by atoms with van der Waals surface area (Å²) < 4.78 is 11.2. The maximum absolute atomic E-state index is 5.95. The van der Waals surface area contributed by atoms with Gasteiger partial charge in [-0.1, -0.05) is 13.0 Å². The highest BCUT2D eigenvalue weighted by molar-refractivity contribution is 5.79. The van der Waals surface area contributed by atoms with E-state index in [1.165, 1.54) is 32.5 Å². The summed E-state index contributed by atoms with van der Waals surface area (Å²) in [7, 11) is 1.66. The van der Waals surface area contributed by atoms with E-state index in [4.69, 9.17) is 14.5 Å². The Bertz CT molecular complexity index is 579. The first kappa shape index (κ1) is 21.4. The fourth-order valence-electron chi connectivity index (χ4n) is 3.35. The molecule has 0 bridgehead atoms. The Morgan fingerprint density at radius 2 is 2.11 bits per heavy atom. The van der Waals surface area contributed by atoms with E-state index in [0.717, 1.165) is 30.5 Å². The van der Waals surface area contributed by atoms with Gasteiger partial charge in [-0.2, -0.15) is 0 Å². The molecule has 1 saturated heterocycles. The molecule has 6 heteroatoms. The van der Waals surface area contributed by atoms with Crippen LogP contribution in [-0.4, -0.2) is 63.3 Å². The van der Waals surface area contributed by atoms with Gasteiger partial charge < -0.3 is 25.0 Å². The zero-order valence-corrected chi connectivity index (χ0v) is 17.3. The molecule has 6 nitrogen and oxygen atoms in total. The van der Waals surface area contributed by atoms with Crippen molar-refractivity contribution < 1.29 is 9.47 Å². The van der Waals surface area contributed by atoms with Gasteiger partial charge in [-0.3, -0.25) is 0 Å². The van der Waals surface area contributed by atoms with Crippen molar-refractivity contribution in [1.29, 1.82) is 0 Å². The largest absolute Gasteiger partial charge is 0.497 e. The summed E-state index contributed by atoms with van der Waals surface area (Å²) in [4.78, 5) is 7.25. The van der Waals surface area contributed by atoms with Crippen LogP contribution in [0.4, 0.5) is 0 Å². The highest BCUT2D eigenvalue weighted by Crippen LogP contribution is 2.20. The molecule has 2 atom stereocenters. The van der Waals surface area contributed by atoms with Gasteiger partial charge in [0.05, 0.1) is 13.7 Å². The van der Waals surface area contributed by atoms with Crippen LogP contribution >= 0.6 is 0 Å². The minimum Gasteiger partial charge on any atom is -0.497 e. The molecule has 0 aromatic heterocycles. The van der Waals surface area contributed by atoms with E-state index in [9.17, 15) is 0 Å². The predicted molar refractivity (Wildman–Crippen MR) is 112 cm³/mol. The highest BCUT2D eigenvalue weighted by Gasteiger charge is 2.21. The van der Waals surface area contributed by atoms with Crippen LogP contribution in [0.5, 0.6) is 11.5 Å². The van der Waals surface area contributed by atoms with Crippen molar-refractivity contribution in [1.82, 2.24) is 15.5 Å². The maximum Gasteiger partial charge on any atom is 0.191 e. The Morgan fingerprint density at radius 1 is 1.30 bits per heavy atom. The first-order valence-electron chi connectivity index (χ1n) is 10.2. The SMILES string of the molecule is CCCN1CCC(CNC(=NCC(C)Oc2cccc(OC)c2)NCC)C1. The van der Waals surface area contributed by atoms with E-state index in [2.05, 4.69) is 29.4 Å². The third-order valence-electron chi connectivity index (χ3n) is 4.70. The molecule has 0 amide bonds. The first-order chi connectivity index (χ1) is 13.1. The summed E-state index contributed by atoms with van der Waals surface area (Å²) in [6.07, 6.45) is 2.48. The molecule has 2 N–H and O–H groups in total. The van der Waals surface area contributed by atoms with Crippen LogP contribution in [0, 0.1) is 5.92 Å². The molecule has 1 heterocycles. The van der Waals surface area contributed by atoms with E-state index in [-0.39, 0.29) is 6.10 Å².